The van der Waals surface area contributed by atoms with Gasteiger partial charge in [0.1, 0.15) is 0 Å². The molecule has 0 saturated heterocycles. The molecule has 2 aromatic heterocycles. The van der Waals surface area contributed by atoms with E-state index in [1.165, 1.54) is 58.3 Å². The topological polar surface area (TPSA) is 16.3 Å². The molecule has 0 saturated carbocycles. The molecule has 4 heterocycles. The molecule has 0 spiro atoms. The third-order valence-corrected chi connectivity index (χ3v) is 22.7. The van der Waals surface area contributed by atoms with Crippen molar-refractivity contribution in [1.82, 2.24) is 9.13 Å². The summed E-state index contributed by atoms with van der Waals surface area (Å²) in [5, 5.41) is -1.98. The molecule has 0 N–H and O–H groups in total. The molecule has 606 valence electrons. The molecule has 0 unspecified atom stereocenters. The first-order valence-electron chi connectivity index (χ1n) is 60.4. The van der Waals surface area contributed by atoms with Crippen molar-refractivity contribution in [2.45, 2.75) is 209 Å². The Balaban J connectivity index is 1.28. The van der Waals surface area contributed by atoms with Crippen LogP contribution in [0.4, 0.5) is 34.1 Å². The average molecular weight is 1620 g/mol. The Morgan fingerprint density at radius 3 is 0.934 bits per heavy atom. The molecule has 5 heteroatoms. The van der Waals surface area contributed by atoms with Crippen LogP contribution in [0.25, 0.3) is 111 Å². The van der Waals surface area contributed by atoms with Gasteiger partial charge in [-0.1, -0.05) is 372 Å². The largest absolute Gasteiger partial charge is 0.310 e. The summed E-state index contributed by atoms with van der Waals surface area (Å²) < 4.78 is 408. The van der Waals surface area contributed by atoms with Crippen molar-refractivity contribution in [3.05, 3.63) is 329 Å². The van der Waals surface area contributed by atoms with Crippen LogP contribution in [0.3, 0.4) is 0 Å². The van der Waals surface area contributed by atoms with E-state index in [4.69, 9.17) is 1.37 Å². The fourth-order valence-corrected chi connectivity index (χ4v) is 16.3. The monoisotopic (exact) mass is 1620 g/mol. The quantitative estimate of drug-likeness (QED) is 0.134. The number of benzene rings is 14. The molecule has 0 fully saturated rings. The van der Waals surface area contributed by atoms with Crippen LogP contribution in [0.1, 0.15) is 264 Å². The molecule has 14 aromatic carbocycles. The maximum Gasteiger partial charge on any atom is 0.252 e. The van der Waals surface area contributed by atoms with Crippen LogP contribution in [0.15, 0.2) is 284 Å². The van der Waals surface area contributed by atoms with E-state index in [2.05, 4.69) is 0 Å². The Labute approximate surface area is 775 Å². The normalized spacial score (nSPS) is 18.1. The lowest BCUT2D eigenvalue weighted by Gasteiger charge is -2.46. The van der Waals surface area contributed by atoms with Gasteiger partial charge in [0.15, 0.2) is 0 Å². The van der Waals surface area contributed by atoms with E-state index in [9.17, 15) is 52.1 Å². The summed E-state index contributed by atoms with van der Waals surface area (Å²) in [6, 6.07) is -19.1. The summed E-state index contributed by atoms with van der Waals surface area (Å²) >= 11 is 0. The SMILES string of the molecule is [2H]c1c([2H])c([2H])c(-c2ccc3c(c2)N(c2c(-c4c([2H])c([2H])c(C(C)(C)C)c([2H])c4[2H])c([2H])c(C(C)(C)C)c([2H])c2-c2c([2H])c([2H])c(C(C)(C)C)c([2H])c2C(C)(C)C)c2cc(-n4c5c([2H])c([2H])c([2H])c([2H])c5c5c([2H])c([2H])c([2H])c([2H])c54)cc4c2B3c2ccc(-n3c5c([2H])c([2H])c([2H])c([2H])c5c5c([2H])c([2H])c([2H])c([2H])c53)cc2N4c2c(-c3c([2H])c([2H])c(C(C)(C)C)c([2H])c3[2H])c([2H])c(C(C)(C)C)c([2H])c2-c2c([2H])c([2H])c(C(C)(C)C)c([2H])c2C(C)(C)C)c([2H])c1[2H]. The van der Waals surface area contributed by atoms with E-state index in [0.29, 0.717) is 0 Å². The summed E-state index contributed by atoms with van der Waals surface area (Å²) in [5.74, 6) is 0. The van der Waals surface area contributed by atoms with Crippen molar-refractivity contribution in [3.63, 3.8) is 0 Å². The van der Waals surface area contributed by atoms with Crippen molar-refractivity contribution in [2.75, 3.05) is 9.80 Å². The van der Waals surface area contributed by atoms with Gasteiger partial charge in [-0.05, 0) is 216 Å². The first kappa shape index (κ1) is 46.9. The summed E-state index contributed by atoms with van der Waals surface area (Å²) in [6.45, 7) is 38.7. The zero-order valence-electron chi connectivity index (χ0n) is 112. The van der Waals surface area contributed by atoms with Crippen LogP contribution < -0.4 is 26.2 Å². The molecular formula is C116H119BN4. The third kappa shape index (κ3) is 14.0. The van der Waals surface area contributed by atoms with Gasteiger partial charge in [-0.15, -0.1) is 0 Å². The van der Waals surface area contributed by atoms with Crippen molar-refractivity contribution >= 4 is 101 Å². The molecule has 2 aliphatic heterocycles. The van der Waals surface area contributed by atoms with Crippen molar-refractivity contribution in [1.29, 1.82) is 0 Å². The minimum Gasteiger partial charge on any atom is -0.310 e. The Morgan fingerprint density at radius 2 is 0.562 bits per heavy atom. The van der Waals surface area contributed by atoms with Crippen molar-refractivity contribution in [2.24, 2.45) is 0 Å². The third-order valence-electron chi connectivity index (χ3n) is 22.7. The minimum absolute atomic E-state index is 0.00885. The lowest BCUT2D eigenvalue weighted by molar-refractivity contribution is 0.569. The lowest BCUT2D eigenvalue weighted by atomic mass is 9.33. The lowest BCUT2D eigenvalue weighted by Crippen LogP contribution is -2.61. The van der Waals surface area contributed by atoms with E-state index in [-0.39, 0.29) is 95.6 Å². The number of para-hydroxylation sites is 4. The summed E-state index contributed by atoms with van der Waals surface area (Å²) in [6.07, 6.45) is 0. The molecule has 0 bridgehead atoms. The number of hydrogen-bond acceptors (Lipinski definition) is 2. The molecule has 16 aromatic rings. The number of nitrogens with zero attached hydrogens (tertiary/aromatic N) is 4. The Morgan fingerprint density at radius 1 is 0.240 bits per heavy atom. The minimum atomic E-state index is -1.75. The van der Waals surface area contributed by atoms with Crippen LogP contribution in [-0.4, -0.2) is 15.8 Å². The smallest absolute Gasteiger partial charge is 0.252 e. The standard InChI is InChI=1S/C116H119BN4/c1-109(2,3)76-51-46-73(47-52-76)90-63-80(113(13,14)15)65-92(84-58-55-78(111(7,8)9)67-94(84)115(19,20)21)107(90)120-102-62-75(72-36-26-25-27-37-72)50-60-96(102)117-97-61-57-82(118-98-42-32-28-38-86(98)87-39-29-33-43-99(87)118)69-103(97)121(105-71-83(70-104(120)106(105)117)119-100-44-34-30-40-88(100)89-41-31-35-45-101(89)119)108-91(74-48-53-77(54-49-74)110(4,5)6)64-81(114(16,17)18)66-93(108)85-59-56-79(112(10,11)12)68-95(85)116(22,23)24/h25-71H,1-24H3/i25D,26D,27D,28D,29D,30D,31D,32D,33D,34D,35D,36D,37D,38D,39D,40D,41D,42D,43D,44D,45D,46D,47D,48D,49D,51D,52D,53D,54D,55D,56D,58D,59D,63D,64D,65D,66D,67D,68D. The van der Waals surface area contributed by atoms with Gasteiger partial charge in [-0.25, -0.2) is 0 Å². The number of fused-ring (bicyclic) bond motifs is 10. The van der Waals surface area contributed by atoms with Crippen LogP contribution in [-0.2, 0) is 43.3 Å². The second-order valence-corrected chi connectivity index (χ2v) is 40.0. The Kier molecular flexibility index (Phi) is 11.1. The zero-order chi connectivity index (χ0) is 119. The summed E-state index contributed by atoms with van der Waals surface area (Å²) in [7, 11) is 0. The van der Waals surface area contributed by atoms with E-state index >= 15 is 0 Å². The number of rotatable bonds is 9. The van der Waals surface area contributed by atoms with Gasteiger partial charge in [0.25, 0.3) is 6.71 Å². The second-order valence-electron chi connectivity index (χ2n) is 40.0. The van der Waals surface area contributed by atoms with Crippen molar-refractivity contribution < 1.29 is 53.5 Å². The fraction of sp³-hybridized carbons (Fsp3) is 0.276. The second kappa shape index (κ2) is 28.5. The molecule has 0 atom stereocenters. The van der Waals surface area contributed by atoms with Gasteiger partial charge in [0.2, 0.25) is 0 Å². The fourth-order valence-electron chi connectivity index (χ4n) is 16.3. The van der Waals surface area contributed by atoms with Crippen LogP contribution in [0.2, 0.25) is 0 Å². The molecular weight excluding hydrogens is 1460 g/mol. The highest BCUT2D eigenvalue weighted by Gasteiger charge is 2.47. The van der Waals surface area contributed by atoms with Crippen molar-refractivity contribution in [3.8, 4) is 67.0 Å². The Hall–Kier alpha value is -11.7. The molecule has 0 aliphatic carbocycles. The average Bonchev–Trinajstić information content (AvgIpc) is 1.22. The van der Waals surface area contributed by atoms with Crippen LogP contribution in [0, 0.1) is 0 Å². The van der Waals surface area contributed by atoms with E-state index in [0.717, 1.165) is 9.13 Å². The molecule has 4 nitrogen and oxygen atoms in total. The highest BCUT2D eigenvalue weighted by atomic mass is 15.2. The number of hydrogen-bond donors (Lipinski definition) is 0. The highest BCUT2D eigenvalue weighted by molar-refractivity contribution is 7.00. The first-order chi connectivity index (χ1) is 73.4. The molecule has 0 radical (unpaired) electrons. The van der Waals surface area contributed by atoms with Crippen LogP contribution in [0.5, 0.6) is 0 Å². The Bertz CT molecular complexity index is 9100. The molecule has 2 aliphatic rings. The molecule has 121 heavy (non-hydrogen) atoms. The van der Waals surface area contributed by atoms with Gasteiger partial charge in [-0.2, -0.15) is 0 Å². The van der Waals surface area contributed by atoms with E-state index < -0.39 is 396 Å². The highest BCUT2D eigenvalue weighted by Crippen LogP contribution is 2.58. The zero-order valence-corrected chi connectivity index (χ0v) is 73.0. The maximum atomic E-state index is 11.9. The molecule has 18 rings (SSSR count). The van der Waals surface area contributed by atoms with E-state index in [1.54, 1.807) is 166 Å². The van der Waals surface area contributed by atoms with Crippen LogP contribution >= 0.6 is 0 Å². The molecule has 0 amide bonds. The van der Waals surface area contributed by atoms with Gasteiger partial charge < -0.3 is 18.9 Å². The summed E-state index contributed by atoms with van der Waals surface area (Å²) in [5.41, 5.74) is -23.2. The summed E-state index contributed by atoms with van der Waals surface area (Å²) in [4.78, 5) is 2.73. The van der Waals surface area contributed by atoms with Gasteiger partial charge in [-0.3, -0.25) is 0 Å². The van der Waals surface area contributed by atoms with Gasteiger partial charge >= 0.3 is 0 Å². The predicted molar refractivity (Wildman–Crippen MR) is 526 cm³/mol. The van der Waals surface area contributed by atoms with E-state index in [1.807, 2.05) is 0 Å². The first-order valence-corrected chi connectivity index (χ1v) is 40.9. The van der Waals surface area contributed by atoms with Gasteiger partial charge in [0, 0.05) is 72.2 Å². The predicted octanol–water partition coefficient (Wildman–Crippen LogP) is 30.7. The maximum absolute atomic E-state index is 11.9. The number of aromatic nitrogens is 2. The van der Waals surface area contributed by atoms with Gasteiger partial charge in [0.05, 0.1) is 92.6 Å². The number of anilines is 6.